The molecule has 0 saturated heterocycles. The fraction of sp³-hybridized carbons (Fsp3) is 0.250. The molecule has 2 nitrogen and oxygen atoms in total. The zero-order valence-corrected chi connectivity index (χ0v) is 6.02. The Hall–Kier alpha value is -1.02. The lowest BCUT2D eigenvalue weighted by Crippen LogP contribution is -1.89. The molecule has 0 amide bonds. The van der Waals surface area contributed by atoms with Crippen molar-refractivity contribution in [3.05, 3.63) is 30.1 Å². The number of aromatic amines is 1. The first-order valence-electron chi connectivity index (χ1n) is 3.18. The third-order valence-corrected chi connectivity index (χ3v) is 1.50. The minimum Gasteiger partial charge on any atom is -0.392 e. The van der Waals surface area contributed by atoms with E-state index in [2.05, 4.69) is 11.6 Å². The van der Waals surface area contributed by atoms with Gasteiger partial charge in [0, 0.05) is 11.9 Å². The van der Waals surface area contributed by atoms with Gasteiger partial charge in [-0.3, -0.25) is 0 Å². The Labute approximate surface area is 60.2 Å². The molecule has 0 fully saturated rings. The molecular formula is C8H11NO. The largest absolute Gasteiger partial charge is 0.392 e. The van der Waals surface area contributed by atoms with Crippen LogP contribution in [0.2, 0.25) is 0 Å². The van der Waals surface area contributed by atoms with Crippen LogP contribution in [0.3, 0.4) is 0 Å². The number of aryl methyl sites for hydroxylation is 1. The van der Waals surface area contributed by atoms with Gasteiger partial charge in [0.1, 0.15) is 0 Å². The second-order valence-corrected chi connectivity index (χ2v) is 2.30. The summed E-state index contributed by atoms with van der Waals surface area (Å²) in [4.78, 5) is 3.00. The first-order chi connectivity index (χ1) is 4.75. The summed E-state index contributed by atoms with van der Waals surface area (Å²) in [5, 5.41) is 8.71. The van der Waals surface area contributed by atoms with Crippen LogP contribution in [0.25, 0.3) is 5.57 Å². The number of rotatable bonds is 2. The summed E-state index contributed by atoms with van der Waals surface area (Å²) in [5.41, 5.74) is 2.81. The van der Waals surface area contributed by atoms with E-state index in [0.717, 1.165) is 16.8 Å². The molecule has 0 spiro atoms. The SMILES string of the molecule is C=C(CO)c1[nH]ccc1C. The number of hydrogen-bond acceptors (Lipinski definition) is 1. The summed E-state index contributed by atoms with van der Waals surface area (Å²) < 4.78 is 0. The number of H-pyrrole nitrogens is 1. The van der Waals surface area contributed by atoms with Crippen LogP contribution in [0.15, 0.2) is 18.8 Å². The lowest BCUT2D eigenvalue weighted by molar-refractivity contribution is 0.350. The molecule has 0 aromatic carbocycles. The van der Waals surface area contributed by atoms with Crippen molar-refractivity contribution in [2.75, 3.05) is 6.61 Å². The predicted octanol–water partition coefficient (Wildman–Crippen LogP) is 1.33. The van der Waals surface area contributed by atoms with Crippen LogP contribution in [-0.4, -0.2) is 16.7 Å². The normalized spacial score (nSPS) is 9.80. The zero-order chi connectivity index (χ0) is 7.56. The van der Waals surface area contributed by atoms with Crippen molar-refractivity contribution in [3.8, 4) is 0 Å². The molecule has 2 heteroatoms. The molecule has 0 aliphatic heterocycles. The summed E-state index contributed by atoms with van der Waals surface area (Å²) in [6.07, 6.45) is 1.84. The summed E-state index contributed by atoms with van der Waals surface area (Å²) in [7, 11) is 0. The van der Waals surface area contributed by atoms with E-state index in [9.17, 15) is 0 Å². The van der Waals surface area contributed by atoms with Gasteiger partial charge in [-0.2, -0.15) is 0 Å². The maximum atomic E-state index is 8.71. The number of aromatic nitrogens is 1. The fourth-order valence-electron chi connectivity index (χ4n) is 0.907. The average Bonchev–Trinajstić information content (AvgIpc) is 2.34. The monoisotopic (exact) mass is 137 g/mol. The van der Waals surface area contributed by atoms with E-state index in [-0.39, 0.29) is 6.61 Å². The minimum absolute atomic E-state index is 0.0152. The number of nitrogens with one attached hydrogen (secondary N) is 1. The molecule has 0 unspecified atom stereocenters. The molecule has 54 valence electrons. The Balaban J connectivity index is 2.93. The van der Waals surface area contributed by atoms with Crippen LogP contribution in [0.1, 0.15) is 11.3 Å². The summed E-state index contributed by atoms with van der Waals surface area (Å²) in [6, 6.07) is 1.95. The van der Waals surface area contributed by atoms with Gasteiger partial charge >= 0.3 is 0 Å². The van der Waals surface area contributed by atoms with Crippen molar-refractivity contribution >= 4 is 5.57 Å². The molecule has 0 atom stereocenters. The molecule has 1 rings (SSSR count). The molecular weight excluding hydrogens is 126 g/mol. The lowest BCUT2D eigenvalue weighted by Gasteiger charge is -1.98. The maximum Gasteiger partial charge on any atom is 0.0696 e. The van der Waals surface area contributed by atoms with Gasteiger partial charge in [0.25, 0.3) is 0 Å². The van der Waals surface area contributed by atoms with Crippen LogP contribution >= 0.6 is 0 Å². The van der Waals surface area contributed by atoms with Gasteiger partial charge in [-0.15, -0.1) is 0 Å². The van der Waals surface area contributed by atoms with Crippen LogP contribution < -0.4 is 0 Å². The van der Waals surface area contributed by atoms with Crippen molar-refractivity contribution in [1.82, 2.24) is 4.98 Å². The molecule has 0 aliphatic rings. The number of aliphatic hydroxyl groups is 1. The zero-order valence-electron chi connectivity index (χ0n) is 6.02. The Morgan fingerprint density at radius 2 is 2.50 bits per heavy atom. The van der Waals surface area contributed by atoms with Gasteiger partial charge in [0.05, 0.1) is 6.61 Å². The van der Waals surface area contributed by atoms with Crippen molar-refractivity contribution in [2.45, 2.75) is 6.92 Å². The molecule has 1 heterocycles. The molecule has 0 saturated carbocycles. The highest BCUT2D eigenvalue weighted by atomic mass is 16.3. The predicted molar refractivity (Wildman–Crippen MR) is 41.6 cm³/mol. The van der Waals surface area contributed by atoms with Crippen LogP contribution in [0.5, 0.6) is 0 Å². The Morgan fingerprint density at radius 1 is 1.80 bits per heavy atom. The standard InChI is InChI=1S/C8H11NO/c1-6-3-4-9-8(6)7(2)5-10/h3-4,9-10H,2,5H2,1H3. The first kappa shape index (κ1) is 7.09. The highest BCUT2D eigenvalue weighted by molar-refractivity contribution is 5.63. The quantitative estimate of drug-likeness (QED) is 0.633. The molecule has 10 heavy (non-hydrogen) atoms. The van der Waals surface area contributed by atoms with Gasteiger partial charge < -0.3 is 10.1 Å². The van der Waals surface area contributed by atoms with Crippen molar-refractivity contribution in [3.63, 3.8) is 0 Å². The summed E-state index contributed by atoms with van der Waals surface area (Å²) >= 11 is 0. The third kappa shape index (κ3) is 1.11. The molecule has 1 aromatic rings. The van der Waals surface area contributed by atoms with E-state index < -0.39 is 0 Å². The van der Waals surface area contributed by atoms with E-state index >= 15 is 0 Å². The smallest absolute Gasteiger partial charge is 0.0696 e. The molecule has 0 radical (unpaired) electrons. The Kier molecular flexibility index (Phi) is 1.92. The first-order valence-corrected chi connectivity index (χ1v) is 3.18. The lowest BCUT2D eigenvalue weighted by atomic mass is 10.1. The van der Waals surface area contributed by atoms with Crippen molar-refractivity contribution in [1.29, 1.82) is 0 Å². The molecule has 0 bridgehead atoms. The molecule has 2 N–H and O–H groups in total. The molecule has 1 aromatic heterocycles. The van der Waals surface area contributed by atoms with E-state index in [4.69, 9.17) is 5.11 Å². The Bertz CT molecular complexity index is 237. The van der Waals surface area contributed by atoms with E-state index in [1.807, 2.05) is 19.2 Å². The maximum absolute atomic E-state index is 8.71. The van der Waals surface area contributed by atoms with Gasteiger partial charge in [-0.25, -0.2) is 0 Å². The average molecular weight is 137 g/mol. The van der Waals surface area contributed by atoms with E-state index in [1.54, 1.807) is 0 Å². The highest BCUT2D eigenvalue weighted by Crippen LogP contribution is 2.13. The summed E-state index contributed by atoms with van der Waals surface area (Å²) in [5.74, 6) is 0. The van der Waals surface area contributed by atoms with E-state index in [0.29, 0.717) is 0 Å². The van der Waals surface area contributed by atoms with Crippen molar-refractivity contribution in [2.24, 2.45) is 0 Å². The second-order valence-electron chi connectivity index (χ2n) is 2.30. The second kappa shape index (κ2) is 2.71. The van der Waals surface area contributed by atoms with Crippen LogP contribution in [0.4, 0.5) is 0 Å². The number of aliphatic hydroxyl groups excluding tert-OH is 1. The van der Waals surface area contributed by atoms with E-state index in [1.165, 1.54) is 0 Å². The third-order valence-electron chi connectivity index (χ3n) is 1.50. The van der Waals surface area contributed by atoms with Crippen LogP contribution in [0, 0.1) is 6.92 Å². The Morgan fingerprint density at radius 3 is 2.90 bits per heavy atom. The van der Waals surface area contributed by atoms with Gasteiger partial charge in [-0.05, 0) is 24.1 Å². The van der Waals surface area contributed by atoms with Gasteiger partial charge in [0.15, 0.2) is 0 Å². The van der Waals surface area contributed by atoms with Gasteiger partial charge in [0.2, 0.25) is 0 Å². The minimum atomic E-state index is 0.0152. The summed E-state index contributed by atoms with van der Waals surface area (Å²) in [6.45, 7) is 5.69. The van der Waals surface area contributed by atoms with Crippen LogP contribution in [-0.2, 0) is 0 Å². The topological polar surface area (TPSA) is 36.0 Å². The van der Waals surface area contributed by atoms with Crippen molar-refractivity contribution < 1.29 is 5.11 Å². The molecule has 0 aliphatic carbocycles. The highest BCUT2D eigenvalue weighted by Gasteiger charge is 2.00. The van der Waals surface area contributed by atoms with Gasteiger partial charge in [-0.1, -0.05) is 6.58 Å². The number of hydrogen-bond donors (Lipinski definition) is 2. The fourth-order valence-corrected chi connectivity index (χ4v) is 0.907.